The smallest absolute Gasteiger partial charge is 0.453 e. The zero-order valence-corrected chi connectivity index (χ0v) is 10.5. The van der Waals surface area contributed by atoms with Gasteiger partial charge in [0, 0.05) is 14.0 Å². The molecule has 0 aliphatic carbocycles. The van der Waals surface area contributed by atoms with Crippen LogP contribution in [-0.4, -0.2) is 49.9 Å². The fraction of sp³-hybridized carbons (Fsp3) is 0.818. The predicted octanol–water partition coefficient (Wildman–Crippen LogP) is 0.603. The molecule has 0 radical (unpaired) electrons. The minimum absolute atomic E-state index is 0.335. The van der Waals surface area contributed by atoms with Gasteiger partial charge in [-0.1, -0.05) is 6.92 Å². The molecule has 0 aromatic heterocycles. The van der Waals surface area contributed by atoms with Crippen molar-refractivity contribution in [1.29, 1.82) is 0 Å². The summed E-state index contributed by atoms with van der Waals surface area (Å²) >= 11 is 0. The van der Waals surface area contributed by atoms with Gasteiger partial charge in [-0.05, 0) is 6.42 Å². The minimum atomic E-state index is -0.813. The molecule has 0 N–H and O–H groups in total. The molecule has 7 heteroatoms. The summed E-state index contributed by atoms with van der Waals surface area (Å²) in [4.78, 5) is 22.3. The van der Waals surface area contributed by atoms with Gasteiger partial charge in [0.15, 0.2) is 24.6 Å². The summed E-state index contributed by atoms with van der Waals surface area (Å²) in [6, 6.07) is 0. The van der Waals surface area contributed by atoms with Crippen molar-refractivity contribution in [2.24, 2.45) is 0 Å². The van der Waals surface area contributed by atoms with Gasteiger partial charge in [-0.3, -0.25) is 4.79 Å². The molecule has 0 saturated carbocycles. The fourth-order valence-corrected chi connectivity index (χ4v) is 2.24. The minimum Gasteiger partial charge on any atom is -0.453 e. The Balaban J connectivity index is 2.21. The average molecular weight is 260 g/mol. The van der Waals surface area contributed by atoms with Crippen molar-refractivity contribution in [3.8, 4) is 0 Å². The molecule has 7 nitrogen and oxygen atoms in total. The third-order valence-electron chi connectivity index (χ3n) is 2.99. The van der Waals surface area contributed by atoms with Crippen LogP contribution >= 0.6 is 0 Å². The van der Waals surface area contributed by atoms with E-state index in [1.54, 1.807) is 0 Å². The van der Waals surface area contributed by atoms with Crippen LogP contribution in [0.25, 0.3) is 0 Å². The van der Waals surface area contributed by atoms with Crippen LogP contribution in [-0.2, 0) is 28.5 Å². The number of hydrogen-bond acceptors (Lipinski definition) is 7. The lowest BCUT2D eigenvalue weighted by Gasteiger charge is -2.39. The number of rotatable bonds is 3. The van der Waals surface area contributed by atoms with Crippen LogP contribution in [0.5, 0.6) is 0 Å². The SMILES string of the molecule is CC[C@H]1O[C@H](OC)[C@H](OC(C)=O)[C@H]2OC(=O)O[C@H]21. The third-order valence-corrected chi connectivity index (χ3v) is 2.99. The molecule has 2 aliphatic heterocycles. The summed E-state index contributed by atoms with van der Waals surface area (Å²) in [5.41, 5.74) is 0. The lowest BCUT2D eigenvalue weighted by molar-refractivity contribution is -0.274. The van der Waals surface area contributed by atoms with Gasteiger partial charge in [-0.15, -0.1) is 0 Å². The van der Waals surface area contributed by atoms with Crippen molar-refractivity contribution >= 4 is 12.1 Å². The Labute approximate surface area is 104 Å². The number of ether oxygens (including phenoxy) is 5. The maximum Gasteiger partial charge on any atom is 0.509 e. The molecule has 18 heavy (non-hydrogen) atoms. The van der Waals surface area contributed by atoms with Crippen LogP contribution in [0, 0.1) is 0 Å². The molecular weight excluding hydrogens is 244 g/mol. The van der Waals surface area contributed by atoms with Crippen molar-refractivity contribution < 1.29 is 33.3 Å². The third kappa shape index (κ3) is 2.28. The Bertz CT molecular complexity index is 342. The first kappa shape index (κ1) is 13.1. The van der Waals surface area contributed by atoms with E-state index in [0.717, 1.165) is 0 Å². The molecule has 2 aliphatic rings. The molecule has 2 rings (SSSR count). The number of esters is 1. The van der Waals surface area contributed by atoms with E-state index in [1.807, 2.05) is 6.92 Å². The van der Waals surface area contributed by atoms with E-state index in [1.165, 1.54) is 14.0 Å². The number of carbonyl (C=O) groups excluding carboxylic acids is 2. The highest BCUT2D eigenvalue weighted by molar-refractivity contribution is 5.67. The molecule has 2 fully saturated rings. The first-order valence-electron chi connectivity index (χ1n) is 5.79. The Kier molecular flexibility index (Phi) is 3.72. The summed E-state index contributed by atoms with van der Waals surface area (Å²) in [5, 5.41) is 0. The van der Waals surface area contributed by atoms with Crippen molar-refractivity contribution in [3.63, 3.8) is 0 Å². The lowest BCUT2D eigenvalue weighted by atomic mass is 9.97. The second kappa shape index (κ2) is 5.11. The Morgan fingerprint density at radius 2 is 2.00 bits per heavy atom. The monoisotopic (exact) mass is 260 g/mol. The highest BCUT2D eigenvalue weighted by atomic mass is 16.8. The molecule has 0 aromatic rings. The Morgan fingerprint density at radius 1 is 1.33 bits per heavy atom. The lowest BCUT2D eigenvalue weighted by Crippen LogP contribution is -2.57. The maximum absolute atomic E-state index is 11.2. The van der Waals surface area contributed by atoms with E-state index in [-0.39, 0.29) is 6.10 Å². The van der Waals surface area contributed by atoms with E-state index in [0.29, 0.717) is 6.42 Å². The second-order valence-corrected chi connectivity index (χ2v) is 4.18. The number of hydrogen-bond donors (Lipinski definition) is 0. The van der Waals surface area contributed by atoms with Crippen LogP contribution in [0.4, 0.5) is 4.79 Å². The van der Waals surface area contributed by atoms with Crippen molar-refractivity contribution in [1.82, 2.24) is 0 Å². The van der Waals surface area contributed by atoms with E-state index in [4.69, 9.17) is 23.7 Å². The van der Waals surface area contributed by atoms with Crippen molar-refractivity contribution in [3.05, 3.63) is 0 Å². The molecule has 2 saturated heterocycles. The van der Waals surface area contributed by atoms with Crippen LogP contribution in [0.15, 0.2) is 0 Å². The molecule has 0 amide bonds. The van der Waals surface area contributed by atoms with Crippen LogP contribution < -0.4 is 0 Å². The summed E-state index contributed by atoms with van der Waals surface area (Å²) < 4.78 is 25.9. The first-order chi connectivity index (χ1) is 8.56. The van der Waals surface area contributed by atoms with Gasteiger partial charge in [0.2, 0.25) is 0 Å². The average Bonchev–Trinajstić information content (AvgIpc) is 2.70. The van der Waals surface area contributed by atoms with Gasteiger partial charge < -0.3 is 23.7 Å². The van der Waals surface area contributed by atoms with Gasteiger partial charge in [0.05, 0.1) is 0 Å². The summed E-state index contributed by atoms with van der Waals surface area (Å²) in [6.45, 7) is 3.16. The van der Waals surface area contributed by atoms with Crippen LogP contribution in [0.3, 0.4) is 0 Å². The van der Waals surface area contributed by atoms with E-state index >= 15 is 0 Å². The molecule has 0 spiro atoms. The molecule has 2 heterocycles. The van der Waals surface area contributed by atoms with Gasteiger partial charge >= 0.3 is 12.1 Å². The molecular formula is C11H16O7. The summed E-state index contributed by atoms with van der Waals surface area (Å²) in [7, 11) is 1.44. The first-order valence-corrected chi connectivity index (χ1v) is 5.79. The summed E-state index contributed by atoms with van der Waals surface area (Å²) in [5.74, 6) is -0.498. The van der Waals surface area contributed by atoms with Gasteiger partial charge in [0.1, 0.15) is 6.10 Å². The highest BCUT2D eigenvalue weighted by Crippen LogP contribution is 2.33. The van der Waals surface area contributed by atoms with Crippen molar-refractivity contribution in [2.45, 2.75) is 51.0 Å². The maximum atomic E-state index is 11.2. The van der Waals surface area contributed by atoms with E-state index < -0.39 is 36.7 Å². The second-order valence-electron chi connectivity index (χ2n) is 4.18. The predicted molar refractivity (Wildman–Crippen MR) is 56.7 cm³/mol. The quantitative estimate of drug-likeness (QED) is 0.687. The topological polar surface area (TPSA) is 80.3 Å². The summed E-state index contributed by atoms with van der Waals surface area (Å²) in [6.07, 6.45) is -3.33. The molecule has 0 unspecified atom stereocenters. The highest BCUT2D eigenvalue weighted by Gasteiger charge is 2.55. The Morgan fingerprint density at radius 3 is 2.56 bits per heavy atom. The molecule has 0 aromatic carbocycles. The molecule has 102 valence electrons. The van der Waals surface area contributed by atoms with Crippen LogP contribution in [0.1, 0.15) is 20.3 Å². The standard InChI is InChI=1S/C11H16O7/c1-4-6-7-8(18-11(13)17-7)9(15-5(2)12)10(14-3)16-6/h6-10H,4H2,1-3H3/t6-,7+,8+,9-,10+/m1/s1. The van der Waals surface area contributed by atoms with E-state index in [2.05, 4.69) is 0 Å². The fourth-order valence-electron chi connectivity index (χ4n) is 2.24. The number of fused-ring (bicyclic) bond motifs is 1. The number of carbonyl (C=O) groups is 2. The Hall–Kier alpha value is -1.34. The van der Waals surface area contributed by atoms with Crippen molar-refractivity contribution in [2.75, 3.05) is 7.11 Å². The van der Waals surface area contributed by atoms with E-state index in [9.17, 15) is 9.59 Å². The number of methoxy groups -OCH3 is 1. The molecule has 5 atom stereocenters. The van der Waals surface area contributed by atoms with Gasteiger partial charge in [-0.25, -0.2) is 4.79 Å². The normalized spacial score (nSPS) is 38.6. The van der Waals surface area contributed by atoms with Gasteiger partial charge in [-0.2, -0.15) is 0 Å². The zero-order chi connectivity index (χ0) is 13.3. The molecule has 0 bridgehead atoms. The largest absolute Gasteiger partial charge is 0.509 e. The van der Waals surface area contributed by atoms with Crippen LogP contribution in [0.2, 0.25) is 0 Å². The zero-order valence-electron chi connectivity index (χ0n) is 10.5. The van der Waals surface area contributed by atoms with Gasteiger partial charge in [0.25, 0.3) is 0 Å².